The number of ether oxygens (including phenoxy) is 1. The summed E-state index contributed by atoms with van der Waals surface area (Å²) in [7, 11) is 1.52. The van der Waals surface area contributed by atoms with Gasteiger partial charge in [0.05, 0.1) is 22.3 Å². The second-order valence-electron chi connectivity index (χ2n) is 8.93. The van der Waals surface area contributed by atoms with Crippen molar-refractivity contribution in [2.45, 2.75) is 42.7 Å². The number of aliphatic carboxylic acids is 1. The molecule has 188 valence electrons. The normalized spacial score (nSPS) is 16.9. The molecule has 1 atom stereocenters. The fourth-order valence-corrected chi connectivity index (χ4v) is 6.64. The van der Waals surface area contributed by atoms with Crippen LogP contribution in [0.2, 0.25) is 0 Å². The Morgan fingerprint density at radius 2 is 2.14 bits per heavy atom. The monoisotopic (exact) mass is 520 g/mol. The van der Waals surface area contributed by atoms with Crippen molar-refractivity contribution in [1.29, 1.82) is 0 Å². The number of piperidine rings is 1. The van der Waals surface area contributed by atoms with E-state index in [9.17, 15) is 14.3 Å². The summed E-state index contributed by atoms with van der Waals surface area (Å²) in [5.74, 6) is 0.622. The molecule has 0 radical (unpaired) electrons. The average molecular weight is 521 g/mol. The fraction of sp³-hybridized carbons (Fsp3) is 0.462. The first-order chi connectivity index (χ1) is 17.0. The molecule has 0 bridgehead atoms. The van der Waals surface area contributed by atoms with Crippen molar-refractivity contribution in [3.8, 4) is 5.75 Å². The maximum atomic E-state index is 15.7. The van der Waals surface area contributed by atoms with Gasteiger partial charge in [-0.15, -0.1) is 23.1 Å². The zero-order chi connectivity index (χ0) is 24.8. The van der Waals surface area contributed by atoms with Gasteiger partial charge in [-0.05, 0) is 68.4 Å². The Balaban J connectivity index is 1.42. The number of aromatic nitrogens is 1. The lowest BCUT2D eigenvalue weighted by atomic mass is 9.74. The molecule has 1 saturated heterocycles. The van der Waals surface area contributed by atoms with E-state index in [4.69, 9.17) is 4.74 Å². The van der Waals surface area contributed by atoms with Gasteiger partial charge in [0, 0.05) is 35.0 Å². The number of carboxylic acid groups (broad SMARTS) is 1. The number of nitrogens with zero attached hydrogens (tertiary/aromatic N) is 2. The van der Waals surface area contributed by atoms with E-state index in [0.717, 1.165) is 12.3 Å². The molecule has 1 aliphatic heterocycles. The van der Waals surface area contributed by atoms with Crippen LogP contribution < -0.4 is 4.74 Å². The van der Waals surface area contributed by atoms with Crippen molar-refractivity contribution in [3.05, 3.63) is 53.0 Å². The third kappa shape index (κ3) is 5.95. The number of hydrogen-bond acceptors (Lipinski definition) is 6. The number of pyridine rings is 1. The number of carbonyl (C=O) groups is 1. The molecule has 2 aromatic heterocycles. The van der Waals surface area contributed by atoms with Gasteiger partial charge in [0.15, 0.2) is 0 Å². The molecule has 1 fully saturated rings. The summed E-state index contributed by atoms with van der Waals surface area (Å²) in [5, 5.41) is 12.6. The Labute approximate surface area is 212 Å². The second kappa shape index (κ2) is 11.7. The molecule has 0 amide bonds. The Morgan fingerprint density at radius 1 is 1.34 bits per heavy atom. The number of likely N-dealkylation sites (tertiary alicyclic amines) is 1. The number of rotatable bonds is 11. The highest BCUT2D eigenvalue weighted by molar-refractivity contribution is 8.01. The van der Waals surface area contributed by atoms with Gasteiger partial charge in [0.1, 0.15) is 18.6 Å². The molecule has 9 heteroatoms. The summed E-state index contributed by atoms with van der Waals surface area (Å²) >= 11 is 3.53. The highest BCUT2D eigenvalue weighted by Gasteiger charge is 2.41. The highest BCUT2D eigenvalue weighted by atomic mass is 32.2. The largest absolute Gasteiger partial charge is 0.497 e. The molecule has 3 aromatic rings. The molecule has 4 rings (SSSR count). The third-order valence-corrected chi connectivity index (χ3v) is 9.06. The molecule has 1 aromatic carbocycles. The number of hydrogen-bond donors (Lipinski definition) is 1. The number of benzene rings is 1. The van der Waals surface area contributed by atoms with Crippen LogP contribution in [0.25, 0.3) is 10.9 Å². The van der Waals surface area contributed by atoms with Crippen molar-refractivity contribution in [2.24, 2.45) is 5.41 Å². The summed E-state index contributed by atoms with van der Waals surface area (Å²) in [5.41, 5.74) is 0.0426. The van der Waals surface area contributed by atoms with Crippen LogP contribution in [0.5, 0.6) is 5.75 Å². The van der Waals surface area contributed by atoms with E-state index in [-0.39, 0.29) is 24.0 Å². The van der Waals surface area contributed by atoms with Crippen LogP contribution in [0.3, 0.4) is 0 Å². The van der Waals surface area contributed by atoms with E-state index in [1.165, 1.54) is 17.5 Å². The van der Waals surface area contributed by atoms with Crippen molar-refractivity contribution >= 4 is 40.0 Å². The van der Waals surface area contributed by atoms with Gasteiger partial charge in [-0.1, -0.05) is 6.07 Å². The molecule has 0 unspecified atom stereocenters. The number of alkyl halides is 2. The molecule has 3 heterocycles. The van der Waals surface area contributed by atoms with Crippen molar-refractivity contribution in [3.63, 3.8) is 0 Å². The second-order valence-corrected chi connectivity index (χ2v) is 11.3. The van der Waals surface area contributed by atoms with Gasteiger partial charge < -0.3 is 14.7 Å². The molecule has 35 heavy (non-hydrogen) atoms. The number of thioether (sulfide) groups is 1. The third-order valence-electron chi connectivity index (χ3n) is 6.95. The van der Waals surface area contributed by atoms with Gasteiger partial charge in [-0.25, -0.2) is 8.78 Å². The maximum absolute atomic E-state index is 15.7. The molecule has 0 saturated carbocycles. The van der Waals surface area contributed by atoms with Crippen LogP contribution in [0.1, 0.15) is 43.0 Å². The van der Waals surface area contributed by atoms with Gasteiger partial charge in [0.2, 0.25) is 0 Å². The van der Waals surface area contributed by atoms with Crippen molar-refractivity contribution < 1.29 is 23.4 Å². The summed E-state index contributed by atoms with van der Waals surface area (Å²) < 4.78 is 36.0. The van der Waals surface area contributed by atoms with E-state index < -0.39 is 24.2 Å². The van der Waals surface area contributed by atoms with E-state index >= 15 is 4.39 Å². The lowest BCUT2D eigenvalue weighted by Gasteiger charge is -2.39. The van der Waals surface area contributed by atoms with E-state index in [1.54, 1.807) is 29.5 Å². The summed E-state index contributed by atoms with van der Waals surface area (Å²) in [6.07, 6.45) is 1.08. The zero-order valence-electron chi connectivity index (χ0n) is 19.7. The Morgan fingerprint density at radius 3 is 2.80 bits per heavy atom. The lowest BCUT2D eigenvalue weighted by Crippen LogP contribution is -2.45. The molecule has 1 N–H and O–H groups in total. The summed E-state index contributed by atoms with van der Waals surface area (Å²) in [4.78, 5) is 18.8. The van der Waals surface area contributed by atoms with Crippen LogP contribution in [0.15, 0.2) is 46.1 Å². The SMILES string of the molecule is COc1ccc2ncc(CF)c([C@H](F)CCC3(C(=O)O)CCN(CCSc4cccs4)CC3)c2c1. The number of methoxy groups -OCH3 is 1. The fourth-order valence-electron chi connectivity index (χ4n) is 4.78. The van der Waals surface area contributed by atoms with Crippen LogP contribution in [-0.4, -0.2) is 53.5 Å². The minimum Gasteiger partial charge on any atom is -0.497 e. The van der Waals surface area contributed by atoms with E-state index in [1.807, 2.05) is 17.8 Å². The minimum absolute atomic E-state index is 0.0177. The predicted molar refractivity (Wildman–Crippen MR) is 137 cm³/mol. The van der Waals surface area contributed by atoms with Crippen LogP contribution in [-0.2, 0) is 11.5 Å². The van der Waals surface area contributed by atoms with Crippen molar-refractivity contribution in [2.75, 3.05) is 32.5 Å². The summed E-state index contributed by atoms with van der Waals surface area (Å²) in [6.45, 7) is 1.42. The Hall–Kier alpha value is -2.23. The first-order valence-corrected chi connectivity index (χ1v) is 13.6. The molecular formula is C26H30F2N2O3S2. The number of thiophene rings is 1. The van der Waals surface area contributed by atoms with Gasteiger partial charge >= 0.3 is 5.97 Å². The van der Waals surface area contributed by atoms with E-state index in [0.29, 0.717) is 42.6 Å². The minimum atomic E-state index is -1.49. The maximum Gasteiger partial charge on any atom is 0.309 e. The summed E-state index contributed by atoms with van der Waals surface area (Å²) in [6, 6.07) is 9.26. The molecule has 0 spiro atoms. The number of carboxylic acids is 1. The molecule has 0 aliphatic carbocycles. The number of fused-ring (bicyclic) bond motifs is 1. The van der Waals surface area contributed by atoms with Crippen LogP contribution >= 0.6 is 23.1 Å². The molecule has 5 nitrogen and oxygen atoms in total. The van der Waals surface area contributed by atoms with Crippen LogP contribution in [0, 0.1) is 5.41 Å². The van der Waals surface area contributed by atoms with E-state index in [2.05, 4.69) is 21.3 Å². The average Bonchev–Trinajstić information content (AvgIpc) is 3.40. The topological polar surface area (TPSA) is 62.7 Å². The molecule has 1 aliphatic rings. The predicted octanol–water partition coefficient (Wildman–Crippen LogP) is 6.52. The quantitative estimate of drug-likeness (QED) is 0.290. The first-order valence-electron chi connectivity index (χ1n) is 11.7. The Kier molecular flexibility index (Phi) is 8.62. The molecular weight excluding hydrogens is 490 g/mol. The zero-order valence-corrected chi connectivity index (χ0v) is 21.3. The van der Waals surface area contributed by atoms with Crippen molar-refractivity contribution in [1.82, 2.24) is 9.88 Å². The first kappa shape index (κ1) is 25.9. The number of halogens is 2. The van der Waals surface area contributed by atoms with Crippen LogP contribution in [0.4, 0.5) is 8.78 Å². The standard InChI is InChI=1S/C26H30F2N2O3S2/c1-33-19-4-5-22-20(15-19)24(18(16-27)17-29-22)21(28)6-7-26(25(31)32)8-10-30(11-9-26)12-14-35-23-3-2-13-34-23/h2-5,13,15,17,21H,6-12,14,16H2,1H3,(H,31,32)/t21-/m1/s1. The van der Waals surface area contributed by atoms with Gasteiger partial charge in [-0.3, -0.25) is 9.78 Å². The van der Waals surface area contributed by atoms with Gasteiger partial charge in [-0.2, -0.15) is 0 Å². The Bertz CT molecular complexity index is 1130. The highest BCUT2D eigenvalue weighted by Crippen LogP contribution is 2.41. The lowest BCUT2D eigenvalue weighted by molar-refractivity contribution is -0.153. The van der Waals surface area contributed by atoms with Gasteiger partial charge in [0.25, 0.3) is 0 Å². The smallest absolute Gasteiger partial charge is 0.309 e.